The Balaban J connectivity index is 3.61. The first kappa shape index (κ1) is 18.7. The zero-order valence-electron chi connectivity index (χ0n) is 14.1. The molecular formula is C17H26O4S. The van der Waals surface area contributed by atoms with Crippen LogP contribution in [-0.4, -0.2) is 27.8 Å². The molecule has 1 aromatic carbocycles. The molecule has 0 saturated carbocycles. The summed E-state index contributed by atoms with van der Waals surface area (Å²) >= 11 is 0. The van der Waals surface area contributed by atoms with Crippen molar-refractivity contribution in [3.8, 4) is 0 Å². The van der Waals surface area contributed by atoms with Crippen LogP contribution in [0.4, 0.5) is 0 Å². The second kappa shape index (κ2) is 7.77. The van der Waals surface area contributed by atoms with E-state index in [1.807, 2.05) is 19.9 Å². The molecule has 0 spiro atoms. The molecule has 0 aliphatic carbocycles. The van der Waals surface area contributed by atoms with Crippen molar-refractivity contribution in [2.75, 3.05) is 13.4 Å². The highest BCUT2D eigenvalue weighted by Crippen LogP contribution is 2.31. The van der Waals surface area contributed by atoms with Crippen LogP contribution < -0.4 is 0 Å². The zero-order chi connectivity index (χ0) is 16.9. The van der Waals surface area contributed by atoms with Crippen LogP contribution in [0, 0.1) is 0 Å². The Kier molecular flexibility index (Phi) is 6.60. The molecule has 0 N–H and O–H groups in total. The first-order valence-electron chi connectivity index (χ1n) is 7.71. The van der Waals surface area contributed by atoms with Gasteiger partial charge >= 0.3 is 5.97 Å². The Labute approximate surface area is 133 Å². The molecule has 0 fully saturated rings. The lowest BCUT2D eigenvalue weighted by Crippen LogP contribution is -2.12. The summed E-state index contributed by atoms with van der Waals surface area (Å²) in [6.45, 7) is 6.13. The van der Waals surface area contributed by atoms with Gasteiger partial charge in [-0.1, -0.05) is 39.7 Å². The van der Waals surface area contributed by atoms with E-state index in [4.69, 9.17) is 4.74 Å². The highest BCUT2D eigenvalue weighted by molar-refractivity contribution is 7.90. The summed E-state index contributed by atoms with van der Waals surface area (Å²) in [6.07, 6.45) is 4.67. The van der Waals surface area contributed by atoms with Crippen molar-refractivity contribution < 1.29 is 17.9 Å². The molecule has 0 radical (unpaired) electrons. The minimum Gasteiger partial charge on any atom is -0.465 e. The predicted octanol–water partition coefficient (Wildman–Crippen LogP) is 3.73. The van der Waals surface area contributed by atoms with E-state index in [1.165, 1.54) is 19.4 Å². The minimum absolute atomic E-state index is 0.136. The number of benzene rings is 1. The van der Waals surface area contributed by atoms with Crippen molar-refractivity contribution >= 4 is 15.8 Å². The number of rotatable bonds is 7. The number of aryl methyl sites for hydroxylation is 1. The third kappa shape index (κ3) is 4.32. The third-order valence-corrected chi connectivity index (χ3v) is 4.96. The van der Waals surface area contributed by atoms with Crippen molar-refractivity contribution in [2.24, 2.45) is 0 Å². The van der Waals surface area contributed by atoms with E-state index in [0.717, 1.165) is 36.8 Å². The lowest BCUT2D eigenvalue weighted by molar-refractivity contribution is 0.0599. The number of methoxy groups -OCH3 is 1. The van der Waals surface area contributed by atoms with E-state index in [0.29, 0.717) is 5.56 Å². The molecule has 22 heavy (non-hydrogen) atoms. The SMILES string of the molecule is CCCc1cc(C(C)CCC)c(S(C)(=O)=O)cc1C(=O)OC. The van der Waals surface area contributed by atoms with Crippen molar-refractivity contribution in [1.82, 2.24) is 0 Å². The van der Waals surface area contributed by atoms with Crippen LogP contribution in [0.1, 0.15) is 67.4 Å². The van der Waals surface area contributed by atoms with Gasteiger partial charge in [0.1, 0.15) is 0 Å². The molecule has 1 atom stereocenters. The molecule has 0 bridgehead atoms. The molecule has 0 saturated heterocycles. The first-order chi connectivity index (χ1) is 10.3. The molecule has 1 unspecified atom stereocenters. The number of sulfone groups is 1. The lowest BCUT2D eigenvalue weighted by atomic mass is 9.91. The standard InChI is InChI=1S/C17H26O4S/c1-6-8-12(3)14-10-13(9-7-2)15(17(18)21-4)11-16(14)22(5,19)20/h10-12H,6-9H2,1-5H3. The van der Waals surface area contributed by atoms with Crippen LogP contribution in [0.5, 0.6) is 0 Å². The summed E-state index contributed by atoms with van der Waals surface area (Å²) in [5.74, 6) is -0.347. The molecular weight excluding hydrogens is 300 g/mol. The van der Waals surface area contributed by atoms with Crippen LogP contribution in [0.15, 0.2) is 17.0 Å². The monoisotopic (exact) mass is 326 g/mol. The van der Waals surface area contributed by atoms with Crippen LogP contribution >= 0.6 is 0 Å². The van der Waals surface area contributed by atoms with Crippen molar-refractivity contribution in [3.05, 3.63) is 28.8 Å². The van der Waals surface area contributed by atoms with E-state index in [2.05, 4.69) is 6.92 Å². The third-order valence-electron chi connectivity index (χ3n) is 3.81. The topological polar surface area (TPSA) is 60.4 Å². The van der Waals surface area contributed by atoms with E-state index < -0.39 is 15.8 Å². The van der Waals surface area contributed by atoms with Gasteiger partial charge in [0, 0.05) is 6.26 Å². The fourth-order valence-electron chi connectivity index (χ4n) is 2.71. The normalized spacial score (nSPS) is 13.0. The Morgan fingerprint density at radius 3 is 2.32 bits per heavy atom. The van der Waals surface area contributed by atoms with Gasteiger partial charge in [-0.3, -0.25) is 0 Å². The van der Waals surface area contributed by atoms with Gasteiger partial charge < -0.3 is 4.74 Å². The number of carbonyl (C=O) groups is 1. The largest absolute Gasteiger partial charge is 0.465 e. The smallest absolute Gasteiger partial charge is 0.338 e. The maximum atomic E-state index is 12.1. The average molecular weight is 326 g/mol. The quantitative estimate of drug-likeness (QED) is 0.716. The van der Waals surface area contributed by atoms with Crippen LogP contribution in [0.2, 0.25) is 0 Å². The lowest BCUT2D eigenvalue weighted by Gasteiger charge is -2.19. The maximum absolute atomic E-state index is 12.1. The first-order valence-corrected chi connectivity index (χ1v) is 9.60. The molecule has 124 valence electrons. The van der Waals surface area contributed by atoms with Crippen molar-refractivity contribution in [3.63, 3.8) is 0 Å². The zero-order valence-corrected chi connectivity index (χ0v) is 14.9. The summed E-state index contributed by atoms with van der Waals surface area (Å²) in [5, 5.41) is 0. The maximum Gasteiger partial charge on any atom is 0.338 e. The Morgan fingerprint density at radius 2 is 1.86 bits per heavy atom. The average Bonchev–Trinajstić information content (AvgIpc) is 2.45. The molecule has 0 aromatic heterocycles. The second-order valence-corrected chi connectivity index (χ2v) is 7.73. The number of carbonyl (C=O) groups excluding carboxylic acids is 1. The number of ether oxygens (including phenoxy) is 1. The fourth-order valence-corrected chi connectivity index (χ4v) is 3.73. The highest BCUT2D eigenvalue weighted by atomic mass is 32.2. The minimum atomic E-state index is -3.40. The Hall–Kier alpha value is -1.36. The van der Waals surface area contributed by atoms with Gasteiger partial charge in [0.15, 0.2) is 9.84 Å². The summed E-state index contributed by atoms with van der Waals surface area (Å²) < 4.78 is 29.1. The molecule has 1 aromatic rings. The van der Waals surface area contributed by atoms with Crippen LogP contribution in [-0.2, 0) is 21.0 Å². The summed E-state index contributed by atoms with van der Waals surface area (Å²) in [7, 11) is -2.09. The van der Waals surface area contributed by atoms with E-state index in [1.54, 1.807) is 0 Å². The number of hydrogen-bond donors (Lipinski definition) is 0. The Morgan fingerprint density at radius 1 is 1.23 bits per heavy atom. The van der Waals surface area contributed by atoms with Crippen molar-refractivity contribution in [1.29, 1.82) is 0 Å². The number of esters is 1. The molecule has 0 amide bonds. The molecule has 0 aliphatic rings. The molecule has 1 rings (SSSR count). The van der Waals surface area contributed by atoms with Gasteiger partial charge in [0.25, 0.3) is 0 Å². The van der Waals surface area contributed by atoms with Crippen molar-refractivity contribution in [2.45, 2.75) is 57.3 Å². The van der Waals surface area contributed by atoms with Gasteiger partial charge in [-0.25, -0.2) is 13.2 Å². The van der Waals surface area contributed by atoms with Crippen LogP contribution in [0.3, 0.4) is 0 Å². The Bertz CT molecular complexity index is 632. The van der Waals surface area contributed by atoms with E-state index in [9.17, 15) is 13.2 Å². The van der Waals surface area contributed by atoms with Gasteiger partial charge in [0.2, 0.25) is 0 Å². The molecule has 0 aliphatic heterocycles. The van der Waals surface area contributed by atoms with Gasteiger partial charge in [-0.05, 0) is 36.0 Å². The number of hydrogen-bond acceptors (Lipinski definition) is 4. The predicted molar refractivity (Wildman–Crippen MR) is 88.2 cm³/mol. The summed E-state index contributed by atoms with van der Waals surface area (Å²) in [6, 6.07) is 3.38. The summed E-state index contributed by atoms with van der Waals surface area (Å²) in [4.78, 5) is 12.2. The second-order valence-electron chi connectivity index (χ2n) is 5.75. The van der Waals surface area contributed by atoms with Crippen LogP contribution in [0.25, 0.3) is 0 Å². The molecule has 5 heteroatoms. The van der Waals surface area contributed by atoms with Gasteiger partial charge in [0.05, 0.1) is 17.6 Å². The van der Waals surface area contributed by atoms with Gasteiger partial charge in [-0.2, -0.15) is 0 Å². The highest BCUT2D eigenvalue weighted by Gasteiger charge is 2.23. The van der Waals surface area contributed by atoms with Gasteiger partial charge in [-0.15, -0.1) is 0 Å². The fraction of sp³-hybridized carbons (Fsp3) is 0.588. The van der Waals surface area contributed by atoms with E-state index in [-0.39, 0.29) is 10.8 Å². The summed E-state index contributed by atoms with van der Waals surface area (Å²) in [5.41, 5.74) is 2.03. The molecule has 4 nitrogen and oxygen atoms in total. The van der Waals surface area contributed by atoms with E-state index >= 15 is 0 Å². The molecule has 0 heterocycles.